The maximum atomic E-state index is 5.34. The van der Waals surface area contributed by atoms with E-state index >= 15 is 0 Å². The van der Waals surface area contributed by atoms with Crippen LogP contribution in [-0.2, 0) is 18.3 Å². The van der Waals surface area contributed by atoms with Crippen LogP contribution >= 0.6 is 0 Å². The molecule has 0 saturated heterocycles. The molecule has 0 aliphatic carbocycles. The fourth-order valence-corrected chi connectivity index (χ4v) is 2.31. The molecule has 0 saturated carbocycles. The monoisotopic (exact) mass is 291 g/mol. The number of aromatic nitrogens is 4. The number of nitrogens with zero attached hydrogens (tertiary/aromatic N) is 4. The van der Waals surface area contributed by atoms with E-state index in [1.54, 1.807) is 0 Å². The van der Waals surface area contributed by atoms with E-state index in [0.717, 1.165) is 50.1 Å². The van der Waals surface area contributed by atoms with Crippen molar-refractivity contribution in [3.63, 3.8) is 0 Å². The number of anilines is 1. The SMILES string of the molecule is CCOCCCNc1nc(C)cn1Cc1cn(C)nc1C. The van der Waals surface area contributed by atoms with E-state index in [4.69, 9.17) is 4.74 Å². The Hall–Kier alpha value is -1.82. The first-order valence-corrected chi connectivity index (χ1v) is 7.44. The van der Waals surface area contributed by atoms with Crippen molar-refractivity contribution >= 4 is 5.95 Å². The van der Waals surface area contributed by atoms with E-state index in [1.165, 1.54) is 5.56 Å². The first kappa shape index (κ1) is 15.6. The predicted molar refractivity (Wildman–Crippen MR) is 83.6 cm³/mol. The van der Waals surface area contributed by atoms with Crippen LogP contribution in [0.15, 0.2) is 12.4 Å². The summed E-state index contributed by atoms with van der Waals surface area (Å²) in [5, 5.41) is 7.77. The third-order valence-corrected chi connectivity index (χ3v) is 3.31. The Morgan fingerprint density at radius 2 is 2.10 bits per heavy atom. The van der Waals surface area contributed by atoms with E-state index in [2.05, 4.69) is 32.4 Å². The quantitative estimate of drug-likeness (QED) is 0.757. The molecule has 0 bridgehead atoms. The Labute approximate surface area is 126 Å². The maximum absolute atomic E-state index is 5.34. The Morgan fingerprint density at radius 1 is 1.29 bits per heavy atom. The summed E-state index contributed by atoms with van der Waals surface area (Å²) in [4.78, 5) is 4.54. The van der Waals surface area contributed by atoms with Gasteiger partial charge in [-0.25, -0.2) is 4.98 Å². The minimum Gasteiger partial charge on any atom is -0.382 e. The molecule has 0 unspecified atom stereocenters. The zero-order valence-corrected chi connectivity index (χ0v) is 13.4. The summed E-state index contributed by atoms with van der Waals surface area (Å²) in [6, 6.07) is 0. The highest BCUT2D eigenvalue weighted by atomic mass is 16.5. The molecule has 0 spiro atoms. The molecule has 1 N–H and O–H groups in total. The van der Waals surface area contributed by atoms with Crippen molar-refractivity contribution < 1.29 is 4.74 Å². The van der Waals surface area contributed by atoms with Gasteiger partial charge in [0, 0.05) is 44.8 Å². The lowest BCUT2D eigenvalue weighted by molar-refractivity contribution is 0.147. The lowest BCUT2D eigenvalue weighted by Crippen LogP contribution is -2.11. The van der Waals surface area contributed by atoms with Crippen molar-refractivity contribution in [3.8, 4) is 0 Å². The Balaban J connectivity index is 1.98. The van der Waals surface area contributed by atoms with Gasteiger partial charge in [0.05, 0.1) is 17.9 Å². The molecule has 0 fully saturated rings. The molecule has 0 atom stereocenters. The van der Waals surface area contributed by atoms with E-state index in [9.17, 15) is 0 Å². The summed E-state index contributed by atoms with van der Waals surface area (Å²) >= 11 is 0. The maximum Gasteiger partial charge on any atom is 0.203 e. The van der Waals surface area contributed by atoms with Gasteiger partial charge in [-0.2, -0.15) is 5.10 Å². The van der Waals surface area contributed by atoms with Crippen LogP contribution in [0.25, 0.3) is 0 Å². The molecule has 0 aliphatic heterocycles. The lowest BCUT2D eigenvalue weighted by atomic mass is 10.2. The molecule has 2 rings (SSSR count). The average Bonchev–Trinajstić information content (AvgIpc) is 2.92. The van der Waals surface area contributed by atoms with Crippen molar-refractivity contribution in [2.24, 2.45) is 7.05 Å². The van der Waals surface area contributed by atoms with Crippen molar-refractivity contribution in [3.05, 3.63) is 29.3 Å². The van der Waals surface area contributed by atoms with Crippen molar-refractivity contribution in [2.45, 2.75) is 33.7 Å². The molecule has 2 heterocycles. The summed E-state index contributed by atoms with van der Waals surface area (Å²) in [5.74, 6) is 0.909. The summed E-state index contributed by atoms with van der Waals surface area (Å²) in [6.45, 7) is 9.27. The van der Waals surface area contributed by atoms with Gasteiger partial charge in [-0.3, -0.25) is 4.68 Å². The third-order valence-electron chi connectivity index (χ3n) is 3.31. The summed E-state index contributed by atoms with van der Waals surface area (Å²) < 4.78 is 9.33. The van der Waals surface area contributed by atoms with Gasteiger partial charge in [-0.05, 0) is 27.2 Å². The van der Waals surface area contributed by atoms with Crippen molar-refractivity contribution in [1.29, 1.82) is 0 Å². The normalized spacial score (nSPS) is 11.0. The zero-order valence-electron chi connectivity index (χ0n) is 13.4. The average molecular weight is 291 g/mol. The largest absolute Gasteiger partial charge is 0.382 e. The minimum absolute atomic E-state index is 0.772. The summed E-state index contributed by atoms with van der Waals surface area (Å²) in [6.07, 6.45) is 5.10. The van der Waals surface area contributed by atoms with Crippen LogP contribution in [0.3, 0.4) is 0 Å². The second-order valence-corrected chi connectivity index (χ2v) is 5.22. The van der Waals surface area contributed by atoms with E-state index in [1.807, 2.05) is 32.5 Å². The van der Waals surface area contributed by atoms with Crippen LogP contribution in [0.1, 0.15) is 30.3 Å². The molecule has 0 amide bonds. The molecule has 6 heteroatoms. The van der Waals surface area contributed by atoms with Gasteiger partial charge >= 0.3 is 0 Å². The van der Waals surface area contributed by atoms with Crippen LogP contribution in [0, 0.1) is 13.8 Å². The molecular formula is C15H25N5O. The molecule has 2 aromatic heterocycles. The molecule has 2 aromatic rings. The molecule has 0 radical (unpaired) electrons. The van der Waals surface area contributed by atoms with E-state index in [0.29, 0.717) is 0 Å². The number of imidazole rings is 1. The van der Waals surface area contributed by atoms with Gasteiger partial charge in [0.1, 0.15) is 0 Å². The standard InChI is InChI=1S/C15H25N5O/c1-5-21-8-6-7-16-15-17-12(2)9-20(15)11-14-10-19(4)18-13(14)3/h9-10H,5-8,11H2,1-4H3,(H,16,17). The van der Waals surface area contributed by atoms with Crippen LogP contribution in [0.2, 0.25) is 0 Å². The van der Waals surface area contributed by atoms with E-state index < -0.39 is 0 Å². The highest BCUT2D eigenvalue weighted by Crippen LogP contribution is 2.14. The molecule has 0 aromatic carbocycles. The van der Waals surface area contributed by atoms with E-state index in [-0.39, 0.29) is 0 Å². The highest BCUT2D eigenvalue weighted by molar-refractivity contribution is 5.30. The zero-order chi connectivity index (χ0) is 15.2. The fourth-order valence-electron chi connectivity index (χ4n) is 2.31. The predicted octanol–water partition coefficient (Wildman–Crippen LogP) is 2.12. The number of nitrogens with one attached hydrogen (secondary N) is 1. The van der Waals surface area contributed by atoms with Crippen LogP contribution in [0.4, 0.5) is 5.95 Å². The summed E-state index contributed by atoms with van der Waals surface area (Å²) in [7, 11) is 1.95. The second kappa shape index (κ2) is 7.26. The van der Waals surface area contributed by atoms with Gasteiger partial charge in [-0.1, -0.05) is 0 Å². The van der Waals surface area contributed by atoms with Gasteiger partial charge in [0.2, 0.25) is 5.95 Å². The molecule has 6 nitrogen and oxygen atoms in total. The first-order valence-electron chi connectivity index (χ1n) is 7.44. The Morgan fingerprint density at radius 3 is 2.76 bits per heavy atom. The molecule has 21 heavy (non-hydrogen) atoms. The van der Waals surface area contributed by atoms with Gasteiger partial charge < -0.3 is 14.6 Å². The third kappa shape index (κ3) is 4.32. The minimum atomic E-state index is 0.772. The van der Waals surface area contributed by atoms with Crippen molar-refractivity contribution in [2.75, 3.05) is 25.1 Å². The Bertz CT molecular complexity index is 573. The van der Waals surface area contributed by atoms with Crippen LogP contribution < -0.4 is 5.32 Å². The topological polar surface area (TPSA) is 56.9 Å². The highest BCUT2D eigenvalue weighted by Gasteiger charge is 2.09. The first-order chi connectivity index (χ1) is 10.1. The number of ether oxygens (including phenoxy) is 1. The van der Waals surface area contributed by atoms with Gasteiger partial charge in [-0.15, -0.1) is 0 Å². The number of rotatable bonds is 8. The van der Waals surface area contributed by atoms with Gasteiger partial charge in [0.25, 0.3) is 0 Å². The second-order valence-electron chi connectivity index (χ2n) is 5.22. The summed E-state index contributed by atoms with van der Waals surface area (Å²) in [5.41, 5.74) is 3.29. The number of hydrogen-bond donors (Lipinski definition) is 1. The fraction of sp³-hybridized carbons (Fsp3) is 0.600. The smallest absolute Gasteiger partial charge is 0.203 e. The number of hydrogen-bond acceptors (Lipinski definition) is 4. The van der Waals surface area contributed by atoms with Gasteiger partial charge in [0.15, 0.2) is 0 Å². The molecular weight excluding hydrogens is 266 g/mol. The molecule has 0 aliphatic rings. The molecule has 116 valence electrons. The Kier molecular flexibility index (Phi) is 5.38. The van der Waals surface area contributed by atoms with Crippen LogP contribution in [0.5, 0.6) is 0 Å². The van der Waals surface area contributed by atoms with Crippen molar-refractivity contribution in [1.82, 2.24) is 19.3 Å². The number of aryl methyl sites for hydroxylation is 3. The van der Waals surface area contributed by atoms with Crippen LogP contribution in [-0.4, -0.2) is 39.1 Å². The lowest BCUT2D eigenvalue weighted by Gasteiger charge is -2.09.